The van der Waals surface area contributed by atoms with Gasteiger partial charge in [-0.2, -0.15) is 5.26 Å². The van der Waals surface area contributed by atoms with Crippen molar-refractivity contribution in [3.63, 3.8) is 0 Å². The van der Waals surface area contributed by atoms with Crippen LogP contribution in [-0.2, 0) is 0 Å². The summed E-state index contributed by atoms with van der Waals surface area (Å²) in [5.74, 6) is -0.736. The molecular weight excluding hydrogens is 617 g/mol. The first-order valence-corrected chi connectivity index (χ1v) is 16.3. The van der Waals surface area contributed by atoms with Gasteiger partial charge in [-0.25, -0.2) is 9.88 Å². The van der Waals surface area contributed by atoms with Crippen LogP contribution in [0.1, 0.15) is 26.4 Å². The van der Waals surface area contributed by atoms with Crippen molar-refractivity contribution in [1.82, 2.24) is 9.55 Å². The van der Waals surface area contributed by atoms with E-state index in [-0.39, 0.29) is 11.8 Å². The maximum absolute atomic E-state index is 14.9. The molecule has 1 aliphatic rings. The van der Waals surface area contributed by atoms with E-state index in [9.17, 15) is 14.9 Å². The molecule has 2 aromatic heterocycles. The molecule has 0 radical (unpaired) electrons. The summed E-state index contributed by atoms with van der Waals surface area (Å²) in [7, 11) is 0. The SMILES string of the molecule is N#Cc1cccc(-c2ccc3c(c2)c2ccccc2n3-c2cccc3c2C(=O)N(c2c(-c4ccccc4)cccc2-c2ccccc2)C3=O)n1. The highest BCUT2D eigenvalue weighted by atomic mass is 16.2. The number of aromatic nitrogens is 2. The predicted octanol–water partition coefficient (Wildman–Crippen LogP) is 9.85. The molecule has 3 heterocycles. The number of rotatable bonds is 5. The molecule has 0 atom stereocenters. The Morgan fingerprint density at radius 3 is 1.86 bits per heavy atom. The number of hydrogen-bond acceptors (Lipinski definition) is 4. The number of nitriles is 1. The monoisotopic (exact) mass is 642 g/mol. The molecule has 2 amide bonds. The zero-order valence-electron chi connectivity index (χ0n) is 26.6. The van der Waals surface area contributed by atoms with Crippen molar-refractivity contribution in [2.75, 3.05) is 4.90 Å². The number of carbonyl (C=O) groups is 2. The lowest BCUT2D eigenvalue weighted by molar-refractivity contribution is 0.0926. The van der Waals surface area contributed by atoms with E-state index >= 15 is 0 Å². The highest BCUT2D eigenvalue weighted by Gasteiger charge is 2.41. The van der Waals surface area contributed by atoms with Crippen molar-refractivity contribution in [2.24, 2.45) is 0 Å². The van der Waals surface area contributed by atoms with E-state index in [0.29, 0.717) is 33.9 Å². The van der Waals surface area contributed by atoms with Crippen LogP contribution >= 0.6 is 0 Å². The molecule has 1 aliphatic heterocycles. The van der Waals surface area contributed by atoms with Gasteiger partial charge in [0.05, 0.1) is 39.2 Å². The van der Waals surface area contributed by atoms with E-state index in [2.05, 4.69) is 27.8 Å². The van der Waals surface area contributed by atoms with Crippen molar-refractivity contribution in [3.8, 4) is 45.3 Å². The van der Waals surface area contributed by atoms with Crippen molar-refractivity contribution in [3.05, 3.63) is 175 Å². The summed E-state index contributed by atoms with van der Waals surface area (Å²) < 4.78 is 2.07. The maximum Gasteiger partial charge on any atom is 0.268 e. The number of nitrogens with zero attached hydrogens (tertiary/aromatic N) is 4. The molecule has 0 fully saturated rings. The predicted molar refractivity (Wildman–Crippen MR) is 197 cm³/mol. The van der Waals surface area contributed by atoms with Crippen molar-refractivity contribution >= 4 is 39.3 Å². The first-order valence-electron chi connectivity index (χ1n) is 16.3. The minimum atomic E-state index is -0.374. The van der Waals surface area contributed by atoms with Crippen LogP contribution in [0.25, 0.3) is 61.0 Å². The van der Waals surface area contributed by atoms with Crippen LogP contribution in [0.2, 0.25) is 0 Å². The third kappa shape index (κ3) is 4.45. The minimum Gasteiger partial charge on any atom is -0.308 e. The standard InChI is InChI=1S/C44H26N4O2/c45-27-31-16-9-21-37(46-31)30-24-25-39-36(26-30)34-17-7-8-22-38(34)47(39)40-23-11-20-35-41(40)44(50)48(43(35)49)42-32(28-12-3-1-4-13-28)18-10-19-33(42)29-14-5-2-6-15-29/h1-26H. The van der Waals surface area contributed by atoms with Gasteiger partial charge in [0, 0.05) is 27.5 Å². The first-order chi connectivity index (χ1) is 24.6. The molecule has 0 saturated heterocycles. The number of fused-ring (bicyclic) bond motifs is 4. The highest BCUT2D eigenvalue weighted by Crippen LogP contribution is 2.45. The molecule has 0 aliphatic carbocycles. The van der Waals surface area contributed by atoms with Gasteiger partial charge in [0.15, 0.2) is 0 Å². The molecule has 8 aromatic rings. The molecule has 0 saturated carbocycles. The van der Waals surface area contributed by atoms with Gasteiger partial charge in [-0.05, 0) is 53.6 Å². The Hall–Kier alpha value is -7.10. The van der Waals surface area contributed by atoms with Crippen molar-refractivity contribution in [1.29, 1.82) is 5.26 Å². The normalized spacial score (nSPS) is 12.4. The van der Waals surface area contributed by atoms with Gasteiger partial charge in [-0.1, -0.05) is 115 Å². The van der Waals surface area contributed by atoms with Gasteiger partial charge >= 0.3 is 0 Å². The number of para-hydroxylation sites is 2. The lowest BCUT2D eigenvalue weighted by Crippen LogP contribution is -2.30. The Morgan fingerprint density at radius 1 is 0.520 bits per heavy atom. The van der Waals surface area contributed by atoms with Crippen LogP contribution in [0.5, 0.6) is 0 Å². The summed E-state index contributed by atoms with van der Waals surface area (Å²) in [6.07, 6.45) is 0. The van der Waals surface area contributed by atoms with Gasteiger partial charge in [0.1, 0.15) is 11.8 Å². The number of anilines is 1. The van der Waals surface area contributed by atoms with Crippen LogP contribution in [-0.4, -0.2) is 21.4 Å². The van der Waals surface area contributed by atoms with Crippen molar-refractivity contribution in [2.45, 2.75) is 0 Å². The van der Waals surface area contributed by atoms with Crippen LogP contribution in [0.15, 0.2) is 158 Å². The van der Waals surface area contributed by atoms with E-state index in [4.69, 9.17) is 0 Å². The fourth-order valence-electron chi connectivity index (χ4n) is 7.19. The van der Waals surface area contributed by atoms with Crippen molar-refractivity contribution < 1.29 is 9.59 Å². The van der Waals surface area contributed by atoms with Gasteiger partial charge in [0.25, 0.3) is 11.8 Å². The van der Waals surface area contributed by atoms with Gasteiger partial charge in [0.2, 0.25) is 0 Å². The second-order valence-corrected chi connectivity index (χ2v) is 12.2. The minimum absolute atomic E-state index is 0.349. The molecule has 234 valence electrons. The highest BCUT2D eigenvalue weighted by molar-refractivity contribution is 6.37. The smallest absolute Gasteiger partial charge is 0.268 e. The molecule has 6 aromatic carbocycles. The average molecular weight is 643 g/mol. The fraction of sp³-hybridized carbons (Fsp3) is 0. The summed E-state index contributed by atoms with van der Waals surface area (Å²) in [5.41, 5.74) is 9.01. The van der Waals surface area contributed by atoms with Gasteiger partial charge < -0.3 is 4.57 Å². The fourth-order valence-corrected chi connectivity index (χ4v) is 7.19. The van der Waals surface area contributed by atoms with E-state index in [1.165, 1.54) is 4.90 Å². The van der Waals surface area contributed by atoms with E-state index in [0.717, 1.165) is 49.6 Å². The largest absolute Gasteiger partial charge is 0.308 e. The molecule has 0 unspecified atom stereocenters. The Kier molecular flexibility index (Phi) is 6.72. The van der Waals surface area contributed by atoms with Crippen LogP contribution in [0, 0.1) is 11.3 Å². The number of hydrogen-bond donors (Lipinski definition) is 0. The quantitative estimate of drug-likeness (QED) is 0.175. The molecule has 50 heavy (non-hydrogen) atoms. The van der Waals surface area contributed by atoms with Gasteiger partial charge in [-0.3, -0.25) is 9.59 Å². The lowest BCUT2D eigenvalue weighted by Gasteiger charge is -2.23. The number of amides is 2. The molecule has 0 N–H and O–H groups in total. The maximum atomic E-state index is 14.9. The Morgan fingerprint density at radius 2 is 1.14 bits per heavy atom. The lowest BCUT2D eigenvalue weighted by atomic mass is 9.95. The zero-order chi connectivity index (χ0) is 33.8. The van der Waals surface area contributed by atoms with Gasteiger partial charge in [-0.15, -0.1) is 0 Å². The van der Waals surface area contributed by atoms with Crippen LogP contribution in [0.3, 0.4) is 0 Å². The Bertz CT molecular complexity index is 2650. The third-order valence-corrected chi connectivity index (χ3v) is 9.40. The summed E-state index contributed by atoms with van der Waals surface area (Å²) in [6.45, 7) is 0. The molecule has 0 spiro atoms. The third-order valence-electron chi connectivity index (χ3n) is 9.40. The molecule has 9 rings (SSSR count). The molecule has 0 bridgehead atoms. The summed E-state index contributed by atoms with van der Waals surface area (Å²) in [5, 5.41) is 11.4. The van der Waals surface area contributed by atoms with Crippen LogP contribution < -0.4 is 4.90 Å². The number of imide groups is 1. The second-order valence-electron chi connectivity index (χ2n) is 12.2. The van der Waals surface area contributed by atoms with E-state index in [1.807, 2.05) is 133 Å². The number of pyridine rings is 1. The number of benzene rings is 6. The number of carbonyl (C=O) groups excluding carboxylic acids is 2. The molecular formula is C44H26N4O2. The summed E-state index contributed by atoms with van der Waals surface area (Å²) >= 11 is 0. The average Bonchev–Trinajstić information content (AvgIpc) is 3.65. The topological polar surface area (TPSA) is 79.0 Å². The second kappa shape index (κ2) is 11.6. The van der Waals surface area contributed by atoms with E-state index in [1.54, 1.807) is 12.1 Å². The Labute approximate surface area is 287 Å². The zero-order valence-corrected chi connectivity index (χ0v) is 26.6. The first kappa shape index (κ1) is 29.1. The summed E-state index contributed by atoms with van der Waals surface area (Å²) in [4.78, 5) is 35.3. The summed E-state index contributed by atoms with van der Waals surface area (Å²) in [6, 6.07) is 52.8. The molecule has 6 heteroatoms. The molecule has 6 nitrogen and oxygen atoms in total. The van der Waals surface area contributed by atoms with Crippen LogP contribution in [0.4, 0.5) is 5.69 Å². The Balaban J connectivity index is 1.26. The van der Waals surface area contributed by atoms with E-state index < -0.39 is 0 Å².